The molecule has 4 aromatic rings. The molecular formula is C37H40N4O4S. The van der Waals surface area contributed by atoms with E-state index in [2.05, 4.69) is 77.7 Å². The van der Waals surface area contributed by atoms with Crippen molar-refractivity contribution in [1.82, 2.24) is 9.80 Å². The predicted molar refractivity (Wildman–Crippen MR) is 183 cm³/mol. The van der Waals surface area contributed by atoms with Crippen molar-refractivity contribution in [1.29, 1.82) is 0 Å². The Hall–Kier alpha value is -4.18. The molecule has 6 rings (SSSR count). The molecule has 0 radical (unpaired) electrons. The largest absolute Gasteiger partial charge is 0.445 e. The van der Waals surface area contributed by atoms with E-state index in [-0.39, 0.29) is 35.7 Å². The fourth-order valence-electron chi connectivity index (χ4n) is 6.70. The van der Waals surface area contributed by atoms with Crippen LogP contribution in [0.1, 0.15) is 41.5 Å². The van der Waals surface area contributed by atoms with Crippen LogP contribution in [0.15, 0.2) is 115 Å². The van der Waals surface area contributed by atoms with Gasteiger partial charge >= 0.3 is 6.09 Å². The fourth-order valence-corrected chi connectivity index (χ4v) is 8.57. The average molecular weight is 637 g/mol. The molecule has 9 heteroatoms. The first-order valence-corrected chi connectivity index (χ1v) is 16.8. The quantitative estimate of drug-likeness (QED) is 0.116. The van der Waals surface area contributed by atoms with E-state index >= 15 is 0 Å². The summed E-state index contributed by atoms with van der Waals surface area (Å²) in [5.74, 6) is 0. The van der Waals surface area contributed by atoms with Crippen molar-refractivity contribution in [3.8, 4) is 0 Å². The number of carbonyl (C=O) groups is 1. The molecule has 0 saturated carbocycles. The van der Waals surface area contributed by atoms with Crippen LogP contribution in [-0.2, 0) is 16.1 Å². The first-order valence-electron chi connectivity index (χ1n) is 15.9. The Morgan fingerprint density at radius 3 is 1.87 bits per heavy atom. The molecule has 2 heterocycles. The number of rotatable bonds is 10. The van der Waals surface area contributed by atoms with Crippen molar-refractivity contribution < 1.29 is 14.5 Å². The van der Waals surface area contributed by atoms with Gasteiger partial charge in [0.05, 0.1) is 9.67 Å². The highest BCUT2D eigenvalue weighted by Crippen LogP contribution is 2.52. The number of hydrogen-bond acceptors (Lipinski definition) is 7. The van der Waals surface area contributed by atoms with E-state index in [0.29, 0.717) is 12.1 Å². The molecule has 0 aromatic heterocycles. The lowest BCUT2D eigenvalue weighted by atomic mass is 9.84. The number of nitro groups is 1. The van der Waals surface area contributed by atoms with Gasteiger partial charge in [0.15, 0.2) is 0 Å². The molecule has 2 fully saturated rings. The summed E-state index contributed by atoms with van der Waals surface area (Å²) < 4.78 is 5.36. The van der Waals surface area contributed by atoms with Gasteiger partial charge in [0.2, 0.25) is 0 Å². The normalized spacial score (nSPS) is 19.2. The second kappa shape index (κ2) is 14.5. The second-order valence-electron chi connectivity index (χ2n) is 12.2. The SMILES string of the molecule is NC1CCN(C[C@@H]2C[C@H](SC(c3ccccc3)(c3ccccc3)c3ccccc3)CN2C(=O)OCc2ccc([N+](=O)[O-])cc2)CC1. The number of non-ortho nitro benzene ring substituents is 1. The van der Waals surface area contributed by atoms with Crippen LogP contribution < -0.4 is 5.73 Å². The molecule has 238 valence electrons. The number of hydrogen-bond donors (Lipinski definition) is 1. The molecule has 2 aliphatic heterocycles. The second-order valence-corrected chi connectivity index (χ2v) is 13.7. The van der Waals surface area contributed by atoms with Gasteiger partial charge in [0.1, 0.15) is 6.61 Å². The Morgan fingerprint density at radius 1 is 0.848 bits per heavy atom. The molecule has 8 nitrogen and oxygen atoms in total. The number of nitrogens with two attached hydrogens (primary N) is 1. The van der Waals surface area contributed by atoms with E-state index in [0.717, 1.165) is 38.9 Å². The lowest BCUT2D eigenvalue weighted by Crippen LogP contribution is -2.47. The fraction of sp³-hybridized carbons (Fsp3) is 0.324. The van der Waals surface area contributed by atoms with E-state index in [9.17, 15) is 14.9 Å². The third-order valence-electron chi connectivity index (χ3n) is 9.11. The summed E-state index contributed by atoms with van der Waals surface area (Å²) in [6.45, 7) is 3.21. The van der Waals surface area contributed by atoms with Crippen LogP contribution in [0.5, 0.6) is 0 Å². The van der Waals surface area contributed by atoms with Crippen molar-refractivity contribution >= 4 is 23.5 Å². The molecule has 2 atom stereocenters. The van der Waals surface area contributed by atoms with Crippen LogP contribution in [0.2, 0.25) is 0 Å². The van der Waals surface area contributed by atoms with Gasteiger partial charge in [0, 0.05) is 42.6 Å². The third kappa shape index (κ3) is 7.12. The lowest BCUT2D eigenvalue weighted by Gasteiger charge is -2.37. The van der Waals surface area contributed by atoms with Crippen molar-refractivity contribution in [2.24, 2.45) is 5.73 Å². The van der Waals surface area contributed by atoms with Crippen molar-refractivity contribution in [3.05, 3.63) is 148 Å². The summed E-state index contributed by atoms with van der Waals surface area (Å²) >= 11 is 1.91. The Bertz CT molecular complexity index is 1490. The maximum Gasteiger partial charge on any atom is 0.410 e. The van der Waals surface area contributed by atoms with Gasteiger partial charge in [-0.05, 0) is 66.7 Å². The van der Waals surface area contributed by atoms with E-state index < -0.39 is 9.67 Å². The summed E-state index contributed by atoms with van der Waals surface area (Å²) in [7, 11) is 0. The zero-order valence-electron chi connectivity index (χ0n) is 25.8. The number of ether oxygens (including phenoxy) is 1. The topological polar surface area (TPSA) is 102 Å². The predicted octanol–water partition coefficient (Wildman–Crippen LogP) is 6.82. The van der Waals surface area contributed by atoms with Gasteiger partial charge in [-0.3, -0.25) is 10.1 Å². The smallest absolute Gasteiger partial charge is 0.410 e. The third-order valence-corrected chi connectivity index (χ3v) is 10.8. The molecule has 2 aliphatic rings. The number of thioether (sulfide) groups is 1. The Labute approximate surface area is 274 Å². The highest BCUT2D eigenvalue weighted by atomic mass is 32.2. The average Bonchev–Trinajstić information content (AvgIpc) is 3.50. The number of likely N-dealkylation sites (tertiary alicyclic amines) is 2. The lowest BCUT2D eigenvalue weighted by molar-refractivity contribution is -0.384. The molecule has 46 heavy (non-hydrogen) atoms. The molecule has 0 unspecified atom stereocenters. The number of carbonyl (C=O) groups excluding carboxylic acids is 1. The van der Waals surface area contributed by atoms with Crippen LogP contribution in [-0.4, -0.2) is 64.3 Å². The molecule has 2 saturated heterocycles. The van der Waals surface area contributed by atoms with Gasteiger partial charge in [-0.25, -0.2) is 4.79 Å². The molecule has 2 N–H and O–H groups in total. The first-order chi connectivity index (χ1) is 22.4. The van der Waals surface area contributed by atoms with E-state index in [1.807, 2.05) is 34.9 Å². The van der Waals surface area contributed by atoms with E-state index in [1.54, 1.807) is 12.1 Å². The maximum atomic E-state index is 13.8. The summed E-state index contributed by atoms with van der Waals surface area (Å²) in [5.41, 5.74) is 10.5. The number of amides is 1. The van der Waals surface area contributed by atoms with Crippen LogP contribution in [0.4, 0.5) is 10.5 Å². The number of nitrogens with zero attached hydrogens (tertiary/aromatic N) is 3. The van der Waals surface area contributed by atoms with Crippen LogP contribution in [0.25, 0.3) is 0 Å². The monoisotopic (exact) mass is 636 g/mol. The minimum Gasteiger partial charge on any atom is -0.445 e. The van der Waals surface area contributed by atoms with Crippen LogP contribution in [0, 0.1) is 10.1 Å². The Balaban J connectivity index is 1.29. The highest BCUT2D eigenvalue weighted by molar-refractivity contribution is 8.01. The number of benzene rings is 4. The van der Waals surface area contributed by atoms with Crippen LogP contribution in [0.3, 0.4) is 0 Å². The zero-order valence-corrected chi connectivity index (χ0v) is 26.6. The Morgan fingerprint density at radius 2 is 1.37 bits per heavy atom. The summed E-state index contributed by atoms with van der Waals surface area (Å²) in [6.07, 6.45) is 2.38. The minimum atomic E-state index is -0.491. The minimum absolute atomic E-state index is 0.00883. The number of piperidine rings is 1. The Kier molecular flexibility index (Phi) is 10.0. The van der Waals surface area contributed by atoms with Crippen molar-refractivity contribution in [2.75, 3.05) is 26.2 Å². The standard InChI is InChI=1S/C37H40N4O4S/c38-32-20-22-39(23-21-32)25-34-24-35(26-40(34)36(42)45-27-28-16-18-33(19-17-28)41(43)44)46-37(29-10-4-1-5-11-29,30-12-6-2-7-13-30)31-14-8-3-9-15-31/h1-19,32,34-35H,20-27,38H2/t34-,35-/m0/s1. The molecule has 0 spiro atoms. The van der Waals surface area contributed by atoms with Crippen molar-refractivity contribution in [2.45, 2.75) is 47.9 Å². The number of nitro benzene ring substituents is 1. The molecule has 0 aliphatic carbocycles. The van der Waals surface area contributed by atoms with Gasteiger partial charge in [0.25, 0.3) is 5.69 Å². The molecule has 1 amide bonds. The van der Waals surface area contributed by atoms with Gasteiger partial charge in [-0.15, -0.1) is 11.8 Å². The summed E-state index contributed by atoms with van der Waals surface area (Å²) in [4.78, 5) is 28.7. The summed E-state index contributed by atoms with van der Waals surface area (Å²) in [6, 6.07) is 38.3. The van der Waals surface area contributed by atoms with E-state index in [4.69, 9.17) is 10.5 Å². The van der Waals surface area contributed by atoms with Gasteiger partial charge < -0.3 is 20.3 Å². The maximum absolute atomic E-state index is 13.8. The van der Waals surface area contributed by atoms with Gasteiger partial charge in [-0.2, -0.15) is 0 Å². The zero-order chi connectivity index (χ0) is 31.9. The molecular weight excluding hydrogens is 596 g/mol. The van der Waals surface area contributed by atoms with Crippen molar-refractivity contribution in [3.63, 3.8) is 0 Å². The molecule has 4 aromatic carbocycles. The van der Waals surface area contributed by atoms with Crippen LogP contribution >= 0.6 is 11.8 Å². The van der Waals surface area contributed by atoms with Gasteiger partial charge in [-0.1, -0.05) is 91.0 Å². The highest BCUT2D eigenvalue weighted by Gasteiger charge is 2.45. The summed E-state index contributed by atoms with van der Waals surface area (Å²) in [5, 5.41) is 11.2. The molecule has 0 bridgehead atoms. The van der Waals surface area contributed by atoms with E-state index in [1.165, 1.54) is 28.8 Å². The first kappa shape index (κ1) is 31.8.